The molecule has 0 aromatic heterocycles. The van der Waals surface area contributed by atoms with Crippen molar-refractivity contribution < 1.29 is 18.1 Å². The molecule has 0 saturated heterocycles. The molecule has 0 radical (unpaired) electrons. The van der Waals surface area contributed by atoms with Crippen LogP contribution in [0.1, 0.15) is 25.5 Å². The zero-order valence-electron chi connectivity index (χ0n) is 13.3. The summed E-state index contributed by atoms with van der Waals surface area (Å²) in [6, 6.07) is 11.7. The molecule has 1 unspecified atom stereocenters. The molecule has 24 heavy (non-hydrogen) atoms. The molecule has 0 fully saturated rings. The van der Waals surface area contributed by atoms with Crippen molar-refractivity contribution in [2.24, 2.45) is 0 Å². The minimum absolute atomic E-state index is 0.354. The lowest BCUT2D eigenvalue weighted by Gasteiger charge is -2.15. The molecule has 0 aliphatic heterocycles. The lowest BCUT2D eigenvalue weighted by Crippen LogP contribution is -2.27. The molecule has 2 aromatic carbocycles. The number of nitrogens with one attached hydrogen (secondary N) is 1. The molecule has 128 valence electrons. The predicted molar refractivity (Wildman–Crippen MR) is 89.4 cm³/mol. The van der Waals surface area contributed by atoms with Crippen LogP contribution >= 0.6 is 0 Å². The number of nitrogens with zero attached hydrogens (tertiary/aromatic N) is 1. The lowest BCUT2D eigenvalue weighted by atomic mass is 10.1. The first kappa shape index (κ1) is 17.9. The van der Waals surface area contributed by atoms with Gasteiger partial charge in [0.15, 0.2) is 4.90 Å². The van der Waals surface area contributed by atoms with Gasteiger partial charge in [-0.05, 0) is 37.6 Å². The first-order chi connectivity index (χ1) is 11.3. The predicted octanol–water partition coefficient (Wildman–Crippen LogP) is 3.03. The normalized spacial score (nSPS) is 12.6. The van der Waals surface area contributed by atoms with Crippen LogP contribution in [0.15, 0.2) is 53.4 Å². The minimum Gasteiger partial charge on any atom is -0.494 e. The number of nitro benzene ring substituents is 1. The standard InChI is InChI=1S/C16H18N2O5S/c1-3-23-14-10-8-13(9-11-14)12(2)17-24(21,22)16-7-5-4-6-15(16)18(19)20/h4-12,17H,3H2,1-2H3. The third-order valence-electron chi connectivity index (χ3n) is 3.37. The Bertz CT molecular complexity index is 819. The Morgan fingerprint density at radius 3 is 2.38 bits per heavy atom. The molecule has 0 amide bonds. The number of rotatable bonds is 7. The van der Waals surface area contributed by atoms with E-state index in [2.05, 4.69) is 4.72 Å². The Labute approximate surface area is 140 Å². The summed E-state index contributed by atoms with van der Waals surface area (Å²) in [5, 5.41) is 11.0. The number of ether oxygens (including phenoxy) is 1. The molecule has 2 aromatic rings. The van der Waals surface area contributed by atoms with E-state index < -0.39 is 26.7 Å². The van der Waals surface area contributed by atoms with Crippen LogP contribution in [0.5, 0.6) is 5.75 Å². The lowest BCUT2D eigenvalue weighted by molar-refractivity contribution is -0.387. The van der Waals surface area contributed by atoms with Gasteiger partial charge in [0.2, 0.25) is 10.0 Å². The van der Waals surface area contributed by atoms with Crippen LogP contribution in [0.2, 0.25) is 0 Å². The van der Waals surface area contributed by atoms with Crippen LogP contribution < -0.4 is 9.46 Å². The summed E-state index contributed by atoms with van der Waals surface area (Å²) in [6.45, 7) is 4.08. The summed E-state index contributed by atoms with van der Waals surface area (Å²) in [6.07, 6.45) is 0. The summed E-state index contributed by atoms with van der Waals surface area (Å²) < 4.78 is 32.7. The van der Waals surface area contributed by atoms with E-state index in [1.807, 2.05) is 6.92 Å². The van der Waals surface area contributed by atoms with Gasteiger partial charge in [0.05, 0.1) is 11.5 Å². The summed E-state index contributed by atoms with van der Waals surface area (Å²) >= 11 is 0. The van der Waals surface area contributed by atoms with E-state index in [1.54, 1.807) is 31.2 Å². The molecule has 0 aliphatic carbocycles. The number of hydrogen-bond donors (Lipinski definition) is 1. The number of sulfonamides is 1. The van der Waals surface area contributed by atoms with Gasteiger partial charge in [0.25, 0.3) is 5.69 Å². The Morgan fingerprint density at radius 2 is 1.79 bits per heavy atom. The van der Waals surface area contributed by atoms with Gasteiger partial charge in [-0.15, -0.1) is 0 Å². The van der Waals surface area contributed by atoms with Gasteiger partial charge in [0, 0.05) is 12.1 Å². The van der Waals surface area contributed by atoms with E-state index in [0.717, 1.165) is 11.6 Å². The Hall–Kier alpha value is -2.45. The fraction of sp³-hybridized carbons (Fsp3) is 0.250. The Balaban J connectivity index is 2.24. The van der Waals surface area contributed by atoms with Crippen molar-refractivity contribution in [1.29, 1.82) is 0 Å². The van der Waals surface area contributed by atoms with Crippen molar-refractivity contribution in [1.82, 2.24) is 4.72 Å². The van der Waals surface area contributed by atoms with Gasteiger partial charge < -0.3 is 4.74 Å². The van der Waals surface area contributed by atoms with E-state index in [-0.39, 0.29) is 4.90 Å². The van der Waals surface area contributed by atoms with Crippen molar-refractivity contribution >= 4 is 15.7 Å². The number of hydrogen-bond acceptors (Lipinski definition) is 5. The molecule has 1 atom stereocenters. The topological polar surface area (TPSA) is 98.5 Å². The Kier molecular flexibility index (Phi) is 5.53. The maximum absolute atomic E-state index is 12.5. The monoisotopic (exact) mass is 350 g/mol. The second-order valence-corrected chi connectivity index (χ2v) is 6.75. The molecule has 0 aliphatic rings. The van der Waals surface area contributed by atoms with Gasteiger partial charge in [0.1, 0.15) is 5.75 Å². The minimum atomic E-state index is -4.03. The summed E-state index contributed by atoms with van der Waals surface area (Å²) in [5.41, 5.74) is 0.268. The Morgan fingerprint density at radius 1 is 1.17 bits per heavy atom. The smallest absolute Gasteiger partial charge is 0.289 e. The van der Waals surface area contributed by atoms with Gasteiger partial charge in [-0.2, -0.15) is 0 Å². The first-order valence-electron chi connectivity index (χ1n) is 7.33. The highest BCUT2D eigenvalue weighted by Crippen LogP contribution is 2.25. The van der Waals surface area contributed by atoms with Crippen molar-refractivity contribution in [2.75, 3.05) is 6.61 Å². The van der Waals surface area contributed by atoms with Crippen LogP contribution in [-0.4, -0.2) is 19.9 Å². The van der Waals surface area contributed by atoms with Crippen LogP contribution in [0, 0.1) is 10.1 Å². The molecule has 0 heterocycles. The second kappa shape index (κ2) is 7.41. The summed E-state index contributed by atoms with van der Waals surface area (Å²) in [7, 11) is -4.03. The van der Waals surface area contributed by atoms with Gasteiger partial charge >= 0.3 is 0 Å². The quantitative estimate of drug-likeness (QED) is 0.611. The third kappa shape index (κ3) is 4.09. The molecule has 0 spiro atoms. The zero-order chi connectivity index (χ0) is 17.7. The summed E-state index contributed by atoms with van der Waals surface area (Å²) in [4.78, 5) is 9.96. The van der Waals surface area contributed by atoms with Crippen LogP contribution in [-0.2, 0) is 10.0 Å². The fourth-order valence-electron chi connectivity index (χ4n) is 2.22. The van der Waals surface area contributed by atoms with E-state index >= 15 is 0 Å². The maximum atomic E-state index is 12.5. The highest BCUT2D eigenvalue weighted by Gasteiger charge is 2.26. The second-order valence-electron chi connectivity index (χ2n) is 5.07. The largest absolute Gasteiger partial charge is 0.494 e. The maximum Gasteiger partial charge on any atom is 0.289 e. The molecular formula is C16H18N2O5S. The van der Waals surface area contributed by atoms with Gasteiger partial charge in [-0.1, -0.05) is 24.3 Å². The number of benzene rings is 2. The molecule has 2 rings (SSSR count). The average molecular weight is 350 g/mol. The van der Waals surface area contributed by atoms with Crippen molar-refractivity contribution in [3.8, 4) is 5.75 Å². The van der Waals surface area contributed by atoms with Gasteiger partial charge in [-0.25, -0.2) is 13.1 Å². The molecule has 7 nitrogen and oxygen atoms in total. The third-order valence-corrected chi connectivity index (χ3v) is 4.96. The average Bonchev–Trinajstić information content (AvgIpc) is 2.55. The van der Waals surface area contributed by atoms with Crippen molar-refractivity contribution in [3.63, 3.8) is 0 Å². The van der Waals surface area contributed by atoms with Gasteiger partial charge in [-0.3, -0.25) is 10.1 Å². The van der Waals surface area contributed by atoms with E-state index in [1.165, 1.54) is 18.2 Å². The molecule has 0 saturated carbocycles. The van der Waals surface area contributed by atoms with Crippen molar-refractivity contribution in [3.05, 3.63) is 64.2 Å². The van der Waals surface area contributed by atoms with E-state index in [9.17, 15) is 18.5 Å². The molecule has 0 bridgehead atoms. The van der Waals surface area contributed by atoms with E-state index in [4.69, 9.17) is 4.74 Å². The first-order valence-corrected chi connectivity index (χ1v) is 8.82. The SMILES string of the molecule is CCOc1ccc(C(C)NS(=O)(=O)c2ccccc2[N+](=O)[O-])cc1. The van der Waals surface area contributed by atoms with Crippen molar-refractivity contribution in [2.45, 2.75) is 24.8 Å². The highest BCUT2D eigenvalue weighted by molar-refractivity contribution is 7.89. The molecule has 8 heteroatoms. The summed E-state index contributed by atoms with van der Waals surface area (Å²) in [5.74, 6) is 0.690. The van der Waals surface area contributed by atoms with E-state index in [0.29, 0.717) is 12.4 Å². The molecule has 1 N–H and O–H groups in total. The molecular weight excluding hydrogens is 332 g/mol. The highest BCUT2D eigenvalue weighted by atomic mass is 32.2. The number of nitro groups is 1. The van der Waals surface area contributed by atoms with Crippen LogP contribution in [0.3, 0.4) is 0 Å². The van der Waals surface area contributed by atoms with Crippen LogP contribution in [0.25, 0.3) is 0 Å². The van der Waals surface area contributed by atoms with Crippen LogP contribution in [0.4, 0.5) is 5.69 Å². The zero-order valence-corrected chi connectivity index (χ0v) is 14.1. The fourth-order valence-corrected chi connectivity index (χ4v) is 3.62. The number of para-hydroxylation sites is 1.